The molecule has 20 heavy (non-hydrogen) atoms. The first-order valence-electron chi connectivity index (χ1n) is 5.76. The van der Waals surface area contributed by atoms with Crippen molar-refractivity contribution >= 4 is 48.4 Å². The van der Waals surface area contributed by atoms with Crippen LogP contribution < -0.4 is 0 Å². The molecular weight excluding hydrogens is 345 g/mol. The van der Waals surface area contributed by atoms with Gasteiger partial charge in [-0.15, -0.1) is 0 Å². The molecule has 0 unspecified atom stereocenters. The summed E-state index contributed by atoms with van der Waals surface area (Å²) in [5.41, 5.74) is 0.362. The van der Waals surface area contributed by atoms with Gasteiger partial charge in [0.15, 0.2) is 0 Å². The maximum atomic E-state index is 12.2. The SMILES string of the molecule is C=C(OP(=O)(OCC)OCC)c1ccc(Cl)c(Cl)c1Cl. The molecule has 0 aliphatic rings. The van der Waals surface area contributed by atoms with Crippen molar-refractivity contribution in [3.8, 4) is 0 Å². The molecule has 0 amide bonds. The van der Waals surface area contributed by atoms with Crippen molar-refractivity contribution in [2.45, 2.75) is 13.8 Å². The van der Waals surface area contributed by atoms with E-state index in [-0.39, 0.29) is 29.0 Å². The predicted molar refractivity (Wildman–Crippen MR) is 82.4 cm³/mol. The third-order valence-corrected chi connectivity index (χ3v) is 5.02. The van der Waals surface area contributed by atoms with Crippen molar-refractivity contribution < 1.29 is 18.1 Å². The highest BCUT2D eigenvalue weighted by atomic mass is 35.5. The fourth-order valence-corrected chi connectivity index (χ4v) is 3.15. The molecule has 0 aliphatic heterocycles. The molecule has 0 fully saturated rings. The Morgan fingerprint density at radius 3 is 2.20 bits per heavy atom. The number of rotatable bonds is 7. The van der Waals surface area contributed by atoms with Crippen LogP contribution in [0.4, 0.5) is 0 Å². The summed E-state index contributed by atoms with van der Waals surface area (Å²) in [6.45, 7) is 7.34. The number of hydrogen-bond acceptors (Lipinski definition) is 4. The number of hydrogen-bond donors (Lipinski definition) is 0. The van der Waals surface area contributed by atoms with Crippen LogP contribution in [0.25, 0.3) is 5.76 Å². The second kappa shape index (κ2) is 7.69. The molecule has 0 aliphatic carbocycles. The van der Waals surface area contributed by atoms with Crippen LogP contribution in [0.5, 0.6) is 0 Å². The molecule has 0 spiro atoms. The van der Waals surface area contributed by atoms with E-state index in [0.29, 0.717) is 10.6 Å². The molecular formula is C12H14Cl3O4P. The minimum Gasteiger partial charge on any atom is -0.404 e. The topological polar surface area (TPSA) is 44.8 Å². The first kappa shape index (κ1) is 17.8. The Balaban J connectivity index is 3.01. The van der Waals surface area contributed by atoms with Gasteiger partial charge in [-0.2, -0.15) is 0 Å². The molecule has 0 saturated carbocycles. The van der Waals surface area contributed by atoms with E-state index in [1.54, 1.807) is 19.9 Å². The van der Waals surface area contributed by atoms with Crippen LogP contribution in [0, 0.1) is 0 Å². The zero-order valence-electron chi connectivity index (χ0n) is 11.0. The molecule has 8 heteroatoms. The van der Waals surface area contributed by atoms with Crippen LogP contribution in [0.2, 0.25) is 15.1 Å². The highest BCUT2D eigenvalue weighted by Crippen LogP contribution is 2.53. The number of phosphoric acid groups is 1. The molecule has 4 nitrogen and oxygen atoms in total. The smallest absolute Gasteiger partial charge is 0.404 e. The summed E-state index contributed by atoms with van der Waals surface area (Å²) in [7, 11) is -3.72. The second-order valence-corrected chi connectivity index (χ2v) is 6.28. The first-order valence-corrected chi connectivity index (χ1v) is 8.35. The Bertz CT molecular complexity index is 538. The summed E-state index contributed by atoms with van der Waals surface area (Å²) in [5.74, 6) is 0.0267. The first-order chi connectivity index (χ1) is 9.34. The van der Waals surface area contributed by atoms with E-state index < -0.39 is 7.82 Å². The van der Waals surface area contributed by atoms with Crippen LogP contribution in [0.1, 0.15) is 19.4 Å². The van der Waals surface area contributed by atoms with Gasteiger partial charge >= 0.3 is 7.82 Å². The Hall–Kier alpha value is -0.220. The van der Waals surface area contributed by atoms with Gasteiger partial charge in [-0.25, -0.2) is 4.57 Å². The second-order valence-electron chi connectivity index (χ2n) is 3.52. The molecule has 0 bridgehead atoms. The van der Waals surface area contributed by atoms with Gasteiger partial charge < -0.3 is 4.52 Å². The van der Waals surface area contributed by atoms with E-state index in [1.165, 1.54) is 6.07 Å². The van der Waals surface area contributed by atoms with Crippen molar-refractivity contribution in [1.29, 1.82) is 0 Å². The lowest BCUT2D eigenvalue weighted by atomic mass is 10.2. The Labute approximate surface area is 133 Å². The van der Waals surface area contributed by atoms with E-state index in [2.05, 4.69) is 6.58 Å². The van der Waals surface area contributed by atoms with Crippen molar-refractivity contribution in [2.24, 2.45) is 0 Å². The van der Waals surface area contributed by atoms with E-state index in [1.807, 2.05) is 0 Å². The molecule has 1 aromatic carbocycles. The zero-order chi connectivity index (χ0) is 15.3. The van der Waals surface area contributed by atoms with Crippen molar-refractivity contribution in [3.05, 3.63) is 39.3 Å². The Kier molecular flexibility index (Phi) is 6.86. The molecule has 0 heterocycles. The maximum absolute atomic E-state index is 12.2. The monoisotopic (exact) mass is 358 g/mol. The van der Waals surface area contributed by atoms with E-state index in [9.17, 15) is 4.57 Å². The fourth-order valence-electron chi connectivity index (χ4n) is 1.33. The maximum Gasteiger partial charge on any atom is 0.530 e. The van der Waals surface area contributed by atoms with E-state index >= 15 is 0 Å². The predicted octanol–water partition coefficient (Wildman–Crippen LogP) is 5.82. The Morgan fingerprint density at radius 2 is 1.70 bits per heavy atom. The number of phosphoric ester groups is 1. The molecule has 0 aromatic heterocycles. The lowest BCUT2D eigenvalue weighted by molar-refractivity contribution is 0.159. The van der Waals surface area contributed by atoms with Crippen LogP contribution >= 0.6 is 42.6 Å². The third-order valence-electron chi connectivity index (χ3n) is 2.13. The molecule has 1 rings (SSSR count). The van der Waals surface area contributed by atoms with Crippen molar-refractivity contribution in [3.63, 3.8) is 0 Å². The third kappa shape index (κ3) is 4.39. The van der Waals surface area contributed by atoms with E-state index in [4.69, 9.17) is 48.4 Å². The van der Waals surface area contributed by atoms with Gasteiger partial charge in [0.25, 0.3) is 0 Å². The summed E-state index contributed by atoms with van der Waals surface area (Å²) in [6.07, 6.45) is 0. The molecule has 112 valence electrons. The van der Waals surface area contributed by atoms with Gasteiger partial charge in [0.2, 0.25) is 0 Å². The minimum absolute atomic E-state index is 0.0267. The zero-order valence-corrected chi connectivity index (χ0v) is 14.2. The van der Waals surface area contributed by atoms with Crippen molar-refractivity contribution in [2.75, 3.05) is 13.2 Å². The Morgan fingerprint density at radius 1 is 1.15 bits per heavy atom. The summed E-state index contributed by atoms with van der Waals surface area (Å²) < 4.78 is 27.4. The highest BCUT2D eigenvalue weighted by Gasteiger charge is 2.29. The summed E-state index contributed by atoms with van der Waals surface area (Å²) in [5, 5.41) is 0.618. The molecule has 1 aromatic rings. The molecule has 0 N–H and O–H groups in total. The van der Waals surface area contributed by atoms with Gasteiger partial charge in [-0.3, -0.25) is 9.05 Å². The standard InChI is InChI=1S/C12H14Cl3O4P/c1-4-17-20(16,18-5-2)19-8(3)9-6-7-10(13)12(15)11(9)14/h6-7H,3-5H2,1-2H3. The minimum atomic E-state index is -3.72. The van der Waals surface area contributed by atoms with Crippen LogP contribution in [-0.4, -0.2) is 13.2 Å². The van der Waals surface area contributed by atoms with Crippen LogP contribution in [0.15, 0.2) is 18.7 Å². The average Bonchev–Trinajstić information content (AvgIpc) is 2.36. The largest absolute Gasteiger partial charge is 0.530 e. The molecule has 0 saturated heterocycles. The van der Waals surface area contributed by atoms with Gasteiger partial charge in [0.1, 0.15) is 5.76 Å². The lowest BCUT2D eigenvalue weighted by Gasteiger charge is -2.19. The quantitative estimate of drug-likeness (QED) is 0.350. The fraction of sp³-hybridized carbons (Fsp3) is 0.333. The normalized spacial score (nSPS) is 11.4. The van der Waals surface area contributed by atoms with E-state index in [0.717, 1.165) is 0 Å². The van der Waals surface area contributed by atoms with Gasteiger partial charge in [0, 0.05) is 5.56 Å². The highest BCUT2D eigenvalue weighted by molar-refractivity contribution is 7.48. The van der Waals surface area contributed by atoms with Gasteiger partial charge in [0.05, 0.1) is 28.3 Å². The number of benzene rings is 1. The number of halogens is 3. The summed E-state index contributed by atoms with van der Waals surface area (Å²) in [6, 6.07) is 3.09. The molecule has 0 atom stereocenters. The van der Waals surface area contributed by atoms with Gasteiger partial charge in [-0.1, -0.05) is 41.4 Å². The van der Waals surface area contributed by atoms with Gasteiger partial charge in [-0.05, 0) is 26.0 Å². The van der Waals surface area contributed by atoms with Crippen molar-refractivity contribution in [1.82, 2.24) is 0 Å². The summed E-state index contributed by atoms with van der Waals surface area (Å²) >= 11 is 17.8. The van der Waals surface area contributed by atoms with Crippen LogP contribution in [-0.2, 0) is 18.1 Å². The van der Waals surface area contributed by atoms with Crippen LogP contribution in [0.3, 0.4) is 0 Å². The summed E-state index contributed by atoms with van der Waals surface area (Å²) in [4.78, 5) is 0. The molecule has 0 radical (unpaired) electrons. The lowest BCUT2D eigenvalue weighted by Crippen LogP contribution is -2.00. The average molecular weight is 360 g/mol.